The van der Waals surface area contributed by atoms with Crippen LogP contribution in [0.2, 0.25) is 0 Å². The van der Waals surface area contributed by atoms with Crippen LogP contribution in [0.25, 0.3) is 10.8 Å². The highest BCUT2D eigenvalue weighted by molar-refractivity contribution is 5.95. The number of benzene rings is 2. The summed E-state index contributed by atoms with van der Waals surface area (Å²) >= 11 is 0. The Hall–Kier alpha value is -3.61. The maximum absolute atomic E-state index is 10.5. The van der Waals surface area contributed by atoms with Gasteiger partial charge in [0, 0.05) is 61.0 Å². The summed E-state index contributed by atoms with van der Waals surface area (Å²) in [6, 6.07) is 15.0. The minimum Gasteiger partial charge on any atom is -0.508 e. The quantitative estimate of drug-likeness (QED) is 0.499. The van der Waals surface area contributed by atoms with E-state index in [2.05, 4.69) is 46.1 Å². The van der Waals surface area contributed by atoms with Crippen LogP contribution in [0, 0.1) is 11.3 Å². The number of nitrogens with one attached hydrogen (secondary N) is 1. The van der Waals surface area contributed by atoms with E-state index in [1.54, 1.807) is 0 Å². The number of piperazine rings is 1. The van der Waals surface area contributed by atoms with E-state index in [0.29, 0.717) is 25.0 Å². The minimum absolute atomic E-state index is 0.0209. The summed E-state index contributed by atoms with van der Waals surface area (Å²) in [6.45, 7) is 6.99. The number of nitrogens with zero attached hydrogens (tertiary/aromatic N) is 6. The summed E-state index contributed by atoms with van der Waals surface area (Å²) in [5.74, 6) is 1.20. The van der Waals surface area contributed by atoms with Gasteiger partial charge < -0.3 is 25.0 Å². The second kappa shape index (κ2) is 10.9. The van der Waals surface area contributed by atoms with Crippen LogP contribution in [0.3, 0.4) is 0 Å². The van der Waals surface area contributed by atoms with Crippen molar-refractivity contribution in [2.45, 2.75) is 57.3 Å². The smallest absolute Gasteiger partial charge is 0.318 e. The lowest BCUT2D eigenvalue weighted by Gasteiger charge is -2.37. The molecule has 0 bridgehead atoms. The fourth-order valence-corrected chi connectivity index (χ4v) is 6.48. The van der Waals surface area contributed by atoms with Gasteiger partial charge in [0.15, 0.2) is 0 Å². The largest absolute Gasteiger partial charge is 0.508 e. The standard InChI is InChI=1S/C30H37N7O2/c1-20(27-8-5-13-35(27)2)39-30-33-26-19-36(28-17-23(38)16-21-6-3-4-7-24(21)28)14-10-25(26)29(34-30)37-15-12-32-22(18-37)9-11-31/h3-4,6-7,16-17,20,22,27,32,38H,5,8-10,12-15,18-19H2,1-2H3/t20?,22-,27+/m0/s1. The maximum atomic E-state index is 10.5. The van der Waals surface area contributed by atoms with Gasteiger partial charge >= 0.3 is 6.01 Å². The predicted molar refractivity (Wildman–Crippen MR) is 152 cm³/mol. The first-order valence-electron chi connectivity index (χ1n) is 14.1. The van der Waals surface area contributed by atoms with Gasteiger partial charge in [-0.2, -0.15) is 15.2 Å². The molecule has 0 amide bonds. The van der Waals surface area contributed by atoms with Crippen molar-refractivity contribution in [3.8, 4) is 17.8 Å². The number of likely N-dealkylation sites (N-methyl/N-ethyl adjacent to an activating group) is 1. The van der Waals surface area contributed by atoms with E-state index in [1.807, 2.05) is 30.3 Å². The Balaban J connectivity index is 1.35. The van der Waals surface area contributed by atoms with Crippen molar-refractivity contribution in [3.05, 3.63) is 47.7 Å². The molecule has 3 aromatic rings. The second-order valence-corrected chi connectivity index (χ2v) is 11.1. The van der Waals surface area contributed by atoms with Crippen LogP contribution in [0.1, 0.15) is 37.4 Å². The molecule has 0 spiro atoms. The van der Waals surface area contributed by atoms with Crippen LogP contribution in [0.15, 0.2) is 36.4 Å². The number of phenols is 1. The van der Waals surface area contributed by atoms with Crippen LogP contribution in [-0.4, -0.2) is 77.9 Å². The molecule has 2 N–H and O–H groups in total. The number of anilines is 2. The minimum atomic E-state index is -0.0209. The Bertz CT molecular complexity index is 1390. The number of aromatic hydroxyl groups is 1. The van der Waals surface area contributed by atoms with Gasteiger partial charge in [-0.3, -0.25) is 4.90 Å². The Morgan fingerprint density at radius 3 is 2.87 bits per heavy atom. The molecular weight excluding hydrogens is 490 g/mol. The van der Waals surface area contributed by atoms with Gasteiger partial charge in [0.1, 0.15) is 17.7 Å². The van der Waals surface area contributed by atoms with Crippen LogP contribution in [-0.2, 0) is 13.0 Å². The molecule has 2 fully saturated rings. The molecule has 0 saturated carbocycles. The van der Waals surface area contributed by atoms with Crippen molar-refractivity contribution in [1.82, 2.24) is 20.2 Å². The molecule has 9 heteroatoms. The Morgan fingerprint density at radius 2 is 2.05 bits per heavy atom. The number of hydrogen-bond acceptors (Lipinski definition) is 9. The summed E-state index contributed by atoms with van der Waals surface area (Å²) in [7, 11) is 2.16. The molecule has 0 aliphatic carbocycles. The van der Waals surface area contributed by atoms with Gasteiger partial charge in [0.2, 0.25) is 0 Å². The maximum Gasteiger partial charge on any atom is 0.318 e. The fourth-order valence-electron chi connectivity index (χ4n) is 6.48. The predicted octanol–water partition coefficient (Wildman–Crippen LogP) is 3.45. The van der Waals surface area contributed by atoms with Crippen molar-refractivity contribution in [3.63, 3.8) is 0 Å². The molecule has 1 aromatic heterocycles. The van der Waals surface area contributed by atoms with E-state index < -0.39 is 0 Å². The average molecular weight is 528 g/mol. The van der Waals surface area contributed by atoms with Crippen molar-refractivity contribution in [1.29, 1.82) is 5.26 Å². The summed E-state index contributed by atoms with van der Waals surface area (Å²) in [5.41, 5.74) is 3.14. The summed E-state index contributed by atoms with van der Waals surface area (Å²) in [5, 5.41) is 25.4. The molecule has 6 rings (SSSR count). The lowest BCUT2D eigenvalue weighted by molar-refractivity contribution is 0.111. The van der Waals surface area contributed by atoms with Gasteiger partial charge in [-0.05, 0) is 51.2 Å². The number of aromatic nitrogens is 2. The third-order valence-electron chi connectivity index (χ3n) is 8.49. The molecule has 0 radical (unpaired) electrons. The molecule has 9 nitrogen and oxygen atoms in total. The molecular formula is C30H37N7O2. The molecule has 1 unspecified atom stereocenters. The number of rotatable bonds is 6. The summed E-state index contributed by atoms with van der Waals surface area (Å²) in [6.07, 6.45) is 3.53. The highest BCUT2D eigenvalue weighted by Crippen LogP contribution is 2.36. The molecule has 3 aliphatic rings. The van der Waals surface area contributed by atoms with Crippen molar-refractivity contribution in [2.24, 2.45) is 0 Å². The third kappa shape index (κ3) is 5.19. The first-order chi connectivity index (χ1) is 19.0. The van der Waals surface area contributed by atoms with E-state index in [-0.39, 0.29) is 17.9 Å². The molecule has 4 heterocycles. The van der Waals surface area contributed by atoms with Crippen LogP contribution >= 0.6 is 0 Å². The molecule has 3 aliphatic heterocycles. The van der Waals surface area contributed by atoms with Gasteiger partial charge in [-0.1, -0.05) is 24.3 Å². The van der Waals surface area contributed by atoms with Crippen LogP contribution < -0.4 is 19.9 Å². The molecule has 3 atom stereocenters. The van der Waals surface area contributed by atoms with E-state index in [0.717, 1.165) is 79.1 Å². The topological polar surface area (TPSA) is 101 Å². The van der Waals surface area contributed by atoms with Gasteiger partial charge in [-0.25, -0.2) is 0 Å². The average Bonchev–Trinajstić information content (AvgIpc) is 3.38. The fraction of sp³-hybridized carbons (Fsp3) is 0.500. The zero-order valence-electron chi connectivity index (χ0n) is 22.8. The second-order valence-electron chi connectivity index (χ2n) is 11.1. The van der Waals surface area contributed by atoms with Crippen LogP contribution in [0.5, 0.6) is 11.8 Å². The number of likely N-dealkylation sites (tertiary alicyclic amines) is 1. The normalized spacial score (nSPS) is 22.5. The molecule has 39 heavy (non-hydrogen) atoms. The monoisotopic (exact) mass is 527 g/mol. The summed E-state index contributed by atoms with van der Waals surface area (Å²) < 4.78 is 6.45. The Kier molecular flexibility index (Phi) is 7.15. The van der Waals surface area contributed by atoms with Crippen molar-refractivity contribution < 1.29 is 9.84 Å². The van der Waals surface area contributed by atoms with E-state index >= 15 is 0 Å². The van der Waals surface area contributed by atoms with E-state index in [1.165, 1.54) is 6.42 Å². The number of phenolic OH excluding ortho intramolecular Hbond substituents is 1. The number of fused-ring (bicyclic) bond motifs is 2. The lowest BCUT2D eigenvalue weighted by Crippen LogP contribution is -2.51. The number of nitriles is 1. The van der Waals surface area contributed by atoms with Gasteiger partial charge in [0.05, 0.1) is 24.7 Å². The third-order valence-corrected chi connectivity index (χ3v) is 8.49. The molecule has 204 valence electrons. The van der Waals surface area contributed by atoms with E-state index in [4.69, 9.17) is 14.7 Å². The highest BCUT2D eigenvalue weighted by atomic mass is 16.5. The van der Waals surface area contributed by atoms with E-state index in [9.17, 15) is 10.4 Å². The lowest BCUT2D eigenvalue weighted by atomic mass is 10.0. The zero-order chi connectivity index (χ0) is 26.9. The first-order valence-corrected chi connectivity index (χ1v) is 14.1. The van der Waals surface area contributed by atoms with Gasteiger partial charge in [-0.15, -0.1) is 0 Å². The van der Waals surface area contributed by atoms with Gasteiger partial charge in [0.25, 0.3) is 0 Å². The number of ether oxygens (including phenoxy) is 1. The highest BCUT2D eigenvalue weighted by Gasteiger charge is 2.32. The SMILES string of the molecule is CC(Oc1nc2c(c(N3CCN[C@@H](CC#N)C3)n1)CCN(c1cc(O)cc3ccccc13)C2)[C@H]1CCCN1C. The summed E-state index contributed by atoms with van der Waals surface area (Å²) in [4.78, 5) is 17.0. The number of hydrogen-bond donors (Lipinski definition) is 2. The van der Waals surface area contributed by atoms with Crippen molar-refractivity contribution >= 4 is 22.3 Å². The van der Waals surface area contributed by atoms with Crippen molar-refractivity contribution in [2.75, 3.05) is 49.6 Å². The Morgan fingerprint density at radius 1 is 1.18 bits per heavy atom. The van der Waals surface area contributed by atoms with Crippen LogP contribution in [0.4, 0.5) is 11.5 Å². The zero-order valence-corrected chi connectivity index (χ0v) is 22.8. The first kappa shape index (κ1) is 25.7. The molecule has 2 aromatic carbocycles. The molecule has 2 saturated heterocycles. The Labute approximate surface area is 230 Å².